The van der Waals surface area contributed by atoms with Gasteiger partial charge in [-0.3, -0.25) is 4.79 Å². The van der Waals surface area contributed by atoms with E-state index in [0.717, 1.165) is 39.3 Å². The zero-order valence-electron chi connectivity index (χ0n) is 14.2. The summed E-state index contributed by atoms with van der Waals surface area (Å²) >= 11 is 0. The Hall–Kier alpha value is -1.43. The van der Waals surface area contributed by atoms with Crippen LogP contribution in [0.1, 0.15) is 25.5 Å². The first-order valence-corrected chi connectivity index (χ1v) is 8.55. The molecule has 1 aromatic rings. The first-order valence-electron chi connectivity index (χ1n) is 8.55. The van der Waals surface area contributed by atoms with Crippen molar-refractivity contribution in [3.63, 3.8) is 0 Å². The minimum absolute atomic E-state index is 0.321. The molecule has 5 nitrogen and oxygen atoms in total. The van der Waals surface area contributed by atoms with Crippen LogP contribution in [0.5, 0.6) is 0 Å². The third-order valence-electron chi connectivity index (χ3n) is 4.47. The number of likely N-dealkylation sites (N-methyl/N-ethyl adjacent to an activating group) is 1. The first-order chi connectivity index (χ1) is 11.1. The topological polar surface area (TPSA) is 55.8 Å². The molecular weight excluding hydrogens is 290 g/mol. The van der Waals surface area contributed by atoms with E-state index >= 15 is 0 Å². The lowest BCUT2D eigenvalue weighted by molar-refractivity contribution is -0.129. The van der Waals surface area contributed by atoms with E-state index in [0.29, 0.717) is 18.0 Å². The molecule has 1 aliphatic heterocycles. The number of benzene rings is 1. The number of rotatable bonds is 7. The van der Waals surface area contributed by atoms with Crippen molar-refractivity contribution in [3.8, 4) is 0 Å². The lowest BCUT2D eigenvalue weighted by Gasteiger charge is -2.35. The summed E-state index contributed by atoms with van der Waals surface area (Å²) in [5.74, 6) is 0.0500. The predicted octanol–water partition coefficient (Wildman–Crippen LogP) is 1.11. The largest absolute Gasteiger partial charge is 0.378 e. The summed E-state index contributed by atoms with van der Waals surface area (Å²) < 4.78 is 0. The van der Waals surface area contributed by atoms with Crippen LogP contribution in [0.25, 0.3) is 0 Å². The molecule has 2 N–H and O–H groups in total. The Labute approximate surface area is 139 Å². The third-order valence-corrected chi connectivity index (χ3v) is 4.47. The average molecular weight is 319 g/mol. The normalized spacial score (nSPS) is 19.3. The number of aliphatic hydroxyl groups excluding tert-OH is 1. The average Bonchev–Trinajstić information content (AvgIpc) is 2.60. The van der Waals surface area contributed by atoms with Crippen molar-refractivity contribution in [2.75, 3.05) is 45.8 Å². The van der Waals surface area contributed by atoms with E-state index in [1.165, 1.54) is 0 Å². The van der Waals surface area contributed by atoms with Crippen molar-refractivity contribution in [2.24, 2.45) is 5.92 Å². The Morgan fingerprint density at radius 3 is 2.39 bits per heavy atom. The molecule has 0 saturated carbocycles. The smallest absolute Gasteiger partial charge is 0.253 e. The van der Waals surface area contributed by atoms with Crippen LogP contribution in [0.2, 0.25) is 0 Å². The van der Waals surface area contributed by atoms with Gasteiger partial charge in [0.25, 0.3) is 5.91 Å². The van der Waals surface area contributed by atoms with E-state index in [1.807, 2.05) is 18.2 Å². The van der Waals surface area contributed by atoms with E-state index in [2.05, 4.69) is 29.0 Å². The Morgan fingerprint density at radius 1 is 1.17 bits per heavy atom. The molecular formula is C18H29N3O2. The first kappa shape index (κ1) is 17.9. The number of hydrogen-bond acceptors (Lipinski definition) is 4. The maximum atomic E-state index is 12.0. The molecule has 1 aromatic carbocycles. The van der Waals surface area contributed by atoms with Crippen molar-refractivity contribution < 1.29 is 9.90 Å². The lowest BCUT2D eigenvalue weighted by atomic mass is 10.1. The standard InChI is InChI=1S/C18H29N3O2/c1-3-20-9-11-21(12-10-20)14-15(2)13-19-18(23)17(22)16-7-5-4-6-8-16/h4-8,15,17,22H,3,9-14H2,1-2H3,(H,19,23). The fraction of sp³-hybridized carbons (Fsp3) is 0.611. The molecule has 1 fully saturated rings. The Kier molecular flexibility index (Phi) is 7.02. The zero-order chi connectivity index (χ0) is 16.7. The van der Waals surface area contributed by atoms with Crippen molar-refractivity contribution in [1.82, 2.24) is 15.1 Å². The molecule has 0 aliphatic carbocycles. The number of carbonyl (C=O) groups is 1. The number of nitrogens with zero attached hydrogens (tertiary/aromatic N) is 2. The number of amides is 1. The fourth-order valence-electron chi connectivity index (χ4n) is 2.95. The molecule has 0 bridgehead atoms. The van der Waals surface area contributed by atoms with E-state index in [1.54, 1.807) is 12.1 Å². The van der Waals surface area contributed by atoms with Crippen molar-refractivity contribution >= 4 is 5.91 Å². The minimum atomic E-state index is -1.09. The Morgan fingerprint density at radius 2 is 1.78 bits per heavy atom. The molecule has 0 spiro atoms. The van der Waals surface area contributed by atoms with Crippen molar-refractivity contribution in [3.05, 3.63) is 35.9 Å². The minimum Gasteiger partial charge on any atom is -0.378 e. The second kappa shape index (κ2) is 9.01. The number of aliphatic hydroxyl groups is 1. The highest BCUT2D eigenvalue weighted by Crippen LogP contribution is 2.12. The van der Waals surface area contributed by atoms with Gasteiger partial charge in [-0.25, -0.2) is 0 Å². The fourth-order valence-corrected chi connectivity index (χ4v) is 2.95. The van der Waals surface area contributed by atoms with Gasteiger partial charge < -0.3 is 20.2 Å². The van der Waals surface area contributed by atoms with Gasteiger partial charge in [-0.15, -0.1) is 0 Å². The second-order valence-electron chi connectivity index (χ2n) is 6.40. The highest BCUT2D eigenvalue weighted by Gasteiger charge is 2.20. The van der Waals surface area contributed by atoms with Crippen molar-refractivity contribution in [2.45, 2.75) is 20.0 Å². The van der Waals surface area contributed by atoms with E-state index in [4.69, 9.17) is 0 Å². The predicted molar refractivity (Wildman–Crippen MR) is 92.1 cm³/mol. The van der Waals surface area contributed by atoms with Crippen LogP contribution in [0.3, 0.4) is 0 Å². The van der Waals surface area contributed by atoms with E-state index in [9.17, 15) is 9.90 Å². The maximum Gasteiger partial charge on any atom is 0.253 e. The molecule has 1 heterocycles. The van der Waals surface area contributed by atoms with Crippen LogP contribution in [-0.2, 0) is 4.79 Å². The molecule has 128 valence electrons. The van der Waals surface area contributed by atoms with Crippen LogP contribution in [0, 0.1) is 5.92 Å². The summed E-state index contributed by atoms with van der Waals surface area (Å²) in [6.45, 7) is 11.5. The Balaban J connectivity index is 1.70. The van der Waals surface area contributed by atoms with Gasteiger partial charge in [0.15, 0.2) is 6.10 Å². The molecule has 2 unspecified atom stereocenters. The molecule has 1 aliphatic rings. The Bertz CT molecular complexity index is 472. The van der Waals surface area contributed by atoms with Gasteiger partial charge in [0.2, 0.25) is 0 Å². The molecule has 2 rings (SSSR count). The quantitative estimate of drug-likeness (QED) is 0.790. The number of hydrogen-bond donors (Lipinski definition) is 2. The van der Waals surface area contributed by atoms with Crippen LogP contribution in [0.15, 0.2) is 30.3 Å². The lowest BCUT2D eigenvalue weighted by Crippen LogP contribution is -2.48. The second-order valence-corrected chi connectivity index (χ2v) is 6.40. The molecule has 0 radical (unpaired) electrons. The van der Waals surface area contributed by atoms with Crippen molar-refractivity contribution in [1.29, 1.82) is 0 Å². The van der Waals surface area contributed by atoms with Crippen LogP contribution >= 0.6 is 0 Å². The van der Waals surface area contributed by atoms with Crippen LogP contribution in [-0.4, -0.2) is 66.6 Å². The number of carbonyl (C=O) groups excluding carboxylic acids is 1. The maximum absolute atomic E-state index is 12.0. The van der Waals surface area contributed by atoms with Gasteiger partial charge in [-0.05, 0) is 18.0 Å². The molecule has 5 heteroatoms. The molecule has 1 saturated heterocycles. The summed E-state index contributed by atoms with van der Waals surface area (Å²) in [6.07, 6.45) is -1.09. The summed E-state index contributed by atoms with van der Waals surface area (Å²) in [5, 5.41) is 12.9. The van der Waals surface area contributed by atoms with Gasteiger partial charge in [-0.1, -0.05) is 44.2 Å². The monoisotopic (exact) mass is 319 g/mol. The summed E-state index contributed by atoms with van der Waals surface area (Å²) in [5.41, 5.74) is 0.633. The van der Waals surface area contributed by atoms with E-state index < -0.39 is 6.10 Å². The molecule has 2 atom stereocenters. The number of nitrogens with one attached hydrogen (secondary N) is 1. The molecule has 0 aromatic heterocycles. The number of piperazine rings is 1. The van der Waals surface area contributed by atoms with Crippen LogP contribution < -0.4 is 5.32 Å². The van der Waals surface area contributed by atoms with Gasteiger partial charge in [0.05, 0.1) is 0 Å². The van der Waals surface area contributed by atoms with E-state index in [-0.39, 0.29) is 5.91 Å². The van der Waals surface area contributed by atoms with Gasteiger partial charge >= 0.3 is 0 Å². The van der Waals surface area contributed by atoms with Gasteiger partial charge in [0, 0.05) is 39.3 Å². The summed E-state index contributed by atoms with van der Waals surface area (Å²) in [6, 6.07) is 9.05. The highest BCUT2D eigenvalue weighted by atomic mass is 16.3. The van der Waals surface area contributed by atoms with Gasteiger partial charge in [0.1, 0.15) is 0 Å². The summed E-state index contributed by atoms with van der Waals surface area (Å²) in [4.78, 5) is 17.0. The zero-order valence-corrected chi connectivity index (χ0v) is 14.2. The summed E-state index contributed by atoms with van der Waals surface area (Å²) in [7, 11) is 0. The molecule has 23 heavy (non-hydrogen) atoms. The molecule has 1 amide bonds. The van der Waals surface area contributed by atoms with Gasteiger partial charge in [-0.2, -0.15) is 0 Å². The van der Waals surface area contributed by atoms with Crippen LogP contribution in [0.4, 0.5) is 0 Å². The third kappa shape index (κ3) is 5.61. The highest BCUT2D eigenvalue weighted by molar-refractivity contribution is 5.81. The SMILES string of the molecule is CCN1CCN(CC(C)CNC(=O)C(O)c2ccccc2)CC1.